The minimum atomic E-state index is -1.24. The van der Waals surface area contributed by atoms with Gasteiger partial charge in [-0.15, -0.1) is 0 Å². The molecule has 216 valence electrons. The quantitative estimate of drug-likeness (QED) is 0.135. The molecule has 0 aliphatic heterocycles. The van der Waals surface area contributed by atoms with Crippen LogP contribution in [-0.2, 0) is 25.6 Å². The first-order chi connectivity index (χ1) is 18.4. The first kappa shape index (κ1) is 31.7. The minimum Gasteiger partial charge on any atom is -0.480 e. The molecule has 0 spiro atoms. The van der Waals surface area contributed by atoms with Crippen molar-refractivity contribution >= 4 is 34.6 Å². The third-order valence-electron chi connectivity index (χ3n) is 6.46. The first-order valence-electron chi connectivity index (χ1n) is 13.3. The topological polar surface area (TPSA) is 213 Å². The number of aliphatic hydroxyl groups excluding tert-OH is 1. The number of fused-ring (bicyclic) bond motifs is 1. The Kier molecular flexibility index (Phi) is 12.4. The lowest BCUT2D eigenvalue weighted by Crippen LogP contribution is -2.58. The molecule has 0 bridgehead atoms. The minimum absolute atomic E-state index is 0.00771. The average Bonchev–Trinajstić information content (AvgIpc) is 3.29. The lowest BCUT2D eigenvalue weighted by atomic mass is 10.0. The van der Waals surface area contributed by atoms with Crippen LogP contribution in [0.2, 0.25) is 0 Å². The van der Waals surface area contributed by atoms with E-state index < -0.39 is 54.0 Å². The Balaban J connectivity index is 2.32. The number of amides is 3. The lowest BCUT2D eigenvalue weighted by Gasteiger charge is -2.26. The van der Waals surface area contributed by atoms with Crippen LogP contribution >= 0.6 is 0 Å². The van der Waals surface area contributed by atoms with Gasteiger partial charge in [-0.2, -0.15) is 0 Å². The number of para-hydroxylation sites is 1. The van der Waals surface area contributed by atoms with E-state index in [0.717, 1.165) is 16.5 Å². The number of hydrogen-bond acceptors (Lipinski definition) is 7. The van der Waals surface area contributed by atoms with Crippen LogP contribution in [-0.4, -0.2) is 75.7 Å². The van der Waals surface area contributed by atoms with E-state index in [1.54, 1.807) is 6.20 Å². The van der Waals surface area contributed by atoms with Crippen molar-refractivity contribution in [3.63, 3.8) is 0 Å². The van der Waals surface area contributed by atoms with E-state index in [9.17, 15) is 29.4 Å². The van der Waals surface area contributed by atoms with Crippen LogP contribution in [0.4, 0.5) is 0 Å². The van der Waals surface area contributed by atoms with Gasteiger partial charge in [0.05, 0.1) is 6.10 Å². The van der Waals surface area contributed by atoms with Crippen molar-refractivity contribution < 1.29 is 29.4 Å². The molecule has 0 fully saturated rings. The summed E-state index contributed by atoms with van der Waals surface area (Å²) in [6, 6.07) is 2.92. The molecule has 0 saturated heterocycles. The number of carbonyl (C=O) groups is 4. The van der Waals surface area contributed by atoms with Crippen molar-refractivity contribution in [2.24, 2.45) is 17.4 Å². The van der Waals surface area contributed by atoms with Gasteiger partial charge in [0.15, 0.2) is 0 Å². The van der Waals surface area contributed by atoms with E-state index >= 15 is 0 Å². The number of H-pyrrole nitrogens is 1. The maximum atomic E-state index is 13.4. The van der Waals surface area contributed by atoms with Crippen LogP contribution in [0.15, 0.2) is 30.5 Å². The molecule has 3 amide bonds. The molecule has 1 aromatic heterocycles. The van der Waals surface area contributed by atoms with Gasteiger partial charge >= 0.3 is 5.97 Å². The molecule has 5 unspecified atom stereocenters. The van der Waals surface area contributed by atoms with Gasteiger partial charge < -0.3 is 42.6 Å². The predicted molar refractivity (Wildman–Crippen MR) is 147 cm³/mol. The summed E-state index contributed by atoms with van der Waals surface area (Å²) in [6.07, 6.45) is 2.25. The Labute approximate surface area is 228 Å². The molecule has 39 heavy (non-hydrogen) atoms. The number of unbranched alkanes of at least 4 members (excludes halogenated alkanes) is 1. The van der Waals surface area contributed by atoms with Crippen LogP contribution < -0.4 is 27.4 Å². The van der Waals surface area contributed by atoms with Crippen molar-refractivity contribution in [3.05, 3.63) is 36.0 Å². The van der Waals surface area contributed by atoms with Crippen molar-refractivity contribution in [2.75, 3.05) is 6.54 Å². The highest BCUT2D eigenvalue weighted by molar-refractivity contribution is 5.95. The Morgan fingerprint density at radius 2 is 1.54 bits per heavy atom. The Morgan fingerprint density at radius 1 is 0.923 bits per heavy atom. The van der Waals surface area contributed by atoms with Crippen LogP contribution in [0.1, 0.15) is 52.0 Å². The summed E-state index contributed by atoms with van der Waals surface area (Å²) < 4.78 is 0. The average molecular weight is 547 g/mol. The molecule has 2 rings (SSSR count). The van der Waals surface area contributed by atoms with E-state index in [1.807, 2.05) is 38.1 Å². The molecular weight excluding hydrogens is 504 g/mol. The third kappa shape index (κ3) is 9.65. The molecular formula is C27H42N6O6. The number of hydrogen-bond donors (Lipinski definition) is 8. The van der Waals surface area contributed by atoms with Crippen molar-refractivity contribution in [3.8, 4) is 0 Å². The number of aromatic amines is 1. The summed E-state index contributed by atoms with van der Waals surface area (Å²) >= 11 is 0. The fourth-order valence-electron chi connectivity index (χ4n) is 4.22. The highest BCUT2D eigenvalue weighted by atomic mass is 16.4. The van der Waals surface area contributed by atoms with Crippen molar-refractivity contribution in [2.45, 2.75) is 83.1 Å². The molecule has 10 N–H and O–H groups in total. The molecule has 5 atom stereocenters. The molecule has 2 aromatic rings. The van der Waals surface area contributed by atoms with E-state index in [2.05, 4.69) is 20.9 Å². The third-order valence-corrected chi connectivity index (χ3v) is 6.46. The predicted octanol–water partition coefficient (Wildman–Crippen LogP) is 0.133. The van der Waals surface area contributed by atoms with Gasteiger partial charge in [0, 0.05) is 23.5 Å². The molecule has 12 nitrogen and oxygen atoms in total. The highest BCUT2D eigenvalue weighted by Crippen LogP contribution is 2.19. The SMILES string of the molecule is CC(C)CC(NC(=O)C(Cc1c[nH]c2ccccc12)NC(=O)C(CCCCN)NC(=O)C(N)C(C)O)C(=O)O. The summed E-state index contributed by atoms with van der Waals surface area (Å²) in [7, 11) is 0. The number of nitrogens with two attached hydrogens (primary N) is 2. The summed E-state index contributed by atoms with van der Waals surface area (Å²) in [6.45, 7) is 5.46. The second kappa shape index (κ2) is 15.2. The number of aliphatic hydroxyl groups is 1. The zero-order valence-corrected chi connectivity index (χ0v) is 22.8. The number of carboxylic acids is 1. The smallest absolute Gasteiger partial charge is 0.326 e. The fraction of sp³-hybridized carbons (Fsp3) is 0.556. The lowest BCUT2D eigenvalue weighted by molar-refractivity contribution is -0.142. The molecule has 0 aliphatic carbocycles. The zero-order chi connectivity index (χ0) is 29.1. The summed E-state index contributed by atoms with van der Waals surface area (Å²) in [5.41, 5.74) is 12.9. The van der Waals surface area contributed by atoms with Crippen LogP contribution in [0.25, 0.3) is 10.9 Å². The molecule has 0 saturated carbocycles. The van der Waals surface area contributed by atoms with Gasteiger partial charge in [0.2, 0.25) is 17.7 Å². The molecule has 12 heteroatoms. The summed E-state index contributed by atoms with van der Waals surface area (Å²) in [5, 5.41) is 28.0. The Hall–Kier alpha value is -3.48. The van der Waals surface area contributed by atoms with Gasteiger partial charge in [0.25, 0.3) is 0 Å². The standard InChI is InChI=1S/C27H42N6O6/c1-15(2)12-22(27(38)39)33-25(36)21(13-17-14-30-19-9-5-4-8-18(17)19)32-24(35)20(10-6-7-11-28)31-26(37)23(29)16(3)34/h4-5,8-9,14-16,20-23,30,34H,6-7,10-13,28-29H2,1-3H3,(H,31,37)(H,32,35)(H,33,36)(H,38,39). The molecule has 1 aromatic carbocycles. The number of aromatic nitrogens is 1. The summed E-state index contributed by atoms with van der Waals surface area (Å²) in [4.78, 5) is 54.3. The van der Waals surface area contributed by atoms with Gasteiger partial charge in [-0.1, -0.05) is 32.0 Å². The second-order valence-electron chi connectivity index (χ2n) is 10.3. The molecule has 1 heterocycles. The van der Waals surface area contributed by atoms with Crippen LogP contribution in [0.5, 0.6) is 0 Å². The number of benzene rings is 1. The Bertz CT molecular complexity index is 1120. The van der Waals surface area contributed by atoms with Gasteiger partial charge in [-0.3, -0.25) is 14.4 Å². The number of carboxylic acid groups (broad SMARTS) is 1. The normalized spacial score (nSPS) is 15.3. The van der Waals surface area contributed by atoms with E-state index in [4.69, 9.17) is 11.5 Å². The van der Waals surface area contributed by atoms with Crippen LogP contribution in [0.3, 0.4) is 0 Å². The highest BCUT2D eigenvalue weighted by Gasteiger charge is 2.31. The number of carbonyl (C=O) groups excluding carboxylic acids is 3. The largest absolute Gasteiger partial charge is 0.480 e. The maximum Gasteiger partial charge on any atom is 0.326 e. The zero-order valence-electron chi connectivity index (χ0n) is 22.8. The van der Waals surface area contributed by atoms with Crippen molar-refractivity contribution in [1.82, 2.24) is 20.9 Å². The number of rotatable bonds is 16. The van der Waals surface area contributed by atoms with Crippen LogP contribution in [0, 0.1) is 5.92 Å². The molecule has 0 aliphatic rings. The second-order valence-corrected chi connectivity index (χ2v) is 10.3. The summed E-state index contributed by atoms with van der Waals surface area (Å²) in [5.74, 6) is -3.16. The number of nitrogens with one attached hydrogen (secondary N) is 4. The maximum absolute atomic E-state index is 13.4. The van der Waals surface area contributed by atoms with E-state index in [1.165, 1.54) is 6.92 Å². The monoisotopic (exact) mass is 546 g/mol. The van der Waals surface area contributed by atoms with Gasteiger partial charge in [-0.05, 0) is 56.7 Å². The number of aliphatic carboxylic acids is 1. The van der Waals surface area contributed by atoms with E-state index in [0.29, 0.717) is 19.4 Å². The fourth-order valence-corrected chi connectivity index (χ4v) is 4.22. The van der Waals surface area contributed by atoms with Gasteiger partial charge in [-0.25, -0.2) is 4.79 Å². The van der Waals surface area contributed by atoms with E-state index in [-0.39, 0.29) is 25.2 Å². The van der Waals surface area contributed by atoms with Gasteiger partial charge in [0.1, 0.15) is 24.2 Å². The first-order valence-corrected chi connectivity index (χ1v) is 13.3. The Morgan fingerprint density at radius 3 is 2.15 bits per heavy atom. The molecule has 0 radical (unpaired) electrons. The van der Waals surface area contributed by atoms with Crippen molar-refractivity contribution in [1.29, 1.82) is 0 Å².